The van der Waals surface area contributed by atoms with E-state index in [4.69, 9.17) is 0 Å². The molecule has 2 aromatic carbocycles. The Morgan fingerprint density at radius 3 is 2.52 bits per heavy atom. The molecule has 3 N–H and O–H groups in total. The van der Waals surface area contributed by atoms with Gasteiger partial charge in [-0.3, -0.25) is 0 Å². The molecule has 0 amide bonds. The first-order valence-corrected chi connectivity index (χ1v) is 6.56. The molecule has 21 heavy (non-hydrogen) atoms. The van der Waals surface area contributed by atoms with Gasteiger partial charge in [0.25, 0.3) is 0 Å². The lowest BCUT2D eigenvalue weighted by molar-refractivity contribution is 0.0693. The minimum atomic E-state index is -1.17. The summed E-state index contributed by atoms with van der Waals surface area (Å²) in [6.45, 7) is 1.64. The fourth-order valence-electron chi connectivity index (χ4n) is 2.75. The Morgan fingerprint density at radius 1 is 1.10 bits per heavy atom. The first kappa shape index (κ1) is 13.4. The zero-order chi connectivity index (χ0) is 15.1. The molecule has 1 atom stereocenters. The number of aromatic hydroxyl groups is 1. The lowest BCUT2D eigenvalue weighted by atomic mass is 9.94. The molecule has 2 aromatic rings. The third-order valence-corrected chi connectivity index (χ3v) is 3.78. The molecule has 1 unspecified atom stereocenters. The van der Waals surface area contributed by atoms with Gasteiger partial charge in [0.15, 0.2) is 0 Å². The zero-order valence-corrected chi connectivity index (χ0v) is 11.4. The van der Waals surface area contributed by atoms with Crippen molar-refractivity contribution < 1.29 is 20.1 Å². The molecule has 0 spiro atoms. The Balaban J connectivity index is 2.22. The number of carboxylic acids is 1. The summed E-state index contributed by atoms with van der Waals surface area (Å²) in [5, 5.41) is 29.6. The van der Waals surface area contributed by atoms with Gasteiger partial charge >= 0.3 is 5.97 Å². The number of phenols is 1. The molecule has 0 radical (unpaired) electrons. The van der Waals surface area contributed by atoms with Crippen molar-refractivity contribution in [2.75, 3.05) is 0 Å². The quantitative estimate of drug-likeness (QED) is 0.791. The molecule has 0 saturated heterocycles. The van der Waals surface area contributed by atoms with Crippen molar-refractivity contribution in [1.29, 1.82) is 0 Å². The van der Waals surface area contributed by atoms with Gasteiger partial charge < -0.3 is 15.3 Å². The van der Waals surface area contributed by atoms with Crippen LogP contribution in [0.5, 0.6) is 5.75 Å². The molecule has 0 aliphatic heterocycles. The van der Waals surface area contributed by atoms with Gasteiger partial charge in [-0.1, -0.05) is 36.4 Å². The van der Waals surface area contributed by atoms with Crippen molar-refractivity contribution >= 4 is 11.5 Å². The summed E-state index contributed by atoms with van der Waals surface area (Å²) < 4.78 is 0. The van der Waals surface area contributed by atoms with Gasteiger partial charge in [0.1, 0.15) is 11.3 Å². The van der Waals surface area contributed by atoms with E-state index in [0.717, 1.165) is 11.1 Å². The molecule has 106 valence electrons. The average molecular weight is 282 g/mol. The number of carboxylic acid groups (broad SMARTS) is 1. The van der Waals surface area contributed by atoms with Gasteiger partial charge in [-0.05, 0) is 35.3 Å². The number of aliphatic hydroxyl groups is 1. The van der Waals surface area contributed by atoms with Crippen LogP contribution in [0, 0.1) is 6.92 Å². The molecule has 0 aromatic heterocycles. The monoisotopic (exact) mass is 282 g/mol. The first-order valence-electron chi connectivity index (χ1n) is 6.56. The van der Waals surface area contributed by atoms with Gasteiger partial charge in [-0.25, -0.2) is 4.79 Å². The highest BCUT2D eigenvalue weighted by atomic mass is 16.4. The van der Waals surface area contributed by atoms with E-state index in [1.54, 1.807) is 25.1 Å². The number of benzene rings is 2. The highest BCUT2D eigenvalue weighted by Crippen LogP contribution is 2.42. The minimum Gasteiger partial charge on any atom is -0.506 e. The molecule has 4 heteroatoms. The number of aliphatic hydroxyl groups excluding tert-OH is 1. The number of rotatable bonds is 2. The van der Waals surface area contributed by atoms with Crippen molar-refractivity contribution in [2.45, 2.75) is 13.0 Å². The molecule has 3 rings (SSSR count). The van der Waals surface area contributed by atoms with Crippen LogP contribution in [0.4, 0.5) is 0 Å². The number of hydrogen-bond donors (Lipinski definition) is 3. The predicted molar refractivity (Wildman–Crippen MR) is 78.3 cm³/mol. The third-order valence-electron chi connectivity index (χ3n) is 3.78. The maximum absolute atomic E-state index is 11.3. The van der Waals surface area contributed by atoms with Crippen LogP contribution >= 0.6 is 0 Å². The number of carbonyl (C=O) groups is 1. The van der Waals surface area contributed by atoms with Crippen molar-refractivity contribution in [3.05, 3.63) is 70.3 Å². The van der Waals surface area contributed by atoms with E-state index in [1.165, 1.54) is 0 Å². The van der Waals surface area contributed by atoms with E-state index in [0.29, 0.717) is 16.7 Å². The fraction of sp³-hybridized carbons (Fsp3) is 0.118. The van der Waals surface area contributed by atoms with Gasteiger partial charge in [-0.15, -0.1) is 0 Å². The topological polar surface area (TPSA) is 77.8 Å². The van der Waals surface area contributed by atoms with E-state index in [2.05, 4.69) is 0 Å². The number of fused-ring (bicyclic) bond motifs is 1. The Morgan fingerprint density at radius 2 is 1.81 bits per heavy atom. The smallest absolute Gasteiger partial charge is 0.339 e. The standard InChI is InChI=1S/C17H14O4/c1-9-6-7-12(16(19)15(9)17(20)21)13-8-14(18)11-5-3-2-4-10(11)13/h2-8,14,18-19H,1H3,(H,20,21). The first-order chi connectivity index (χ1) is 10.0. The molecule has 1 aliphatic carbocycles. The summed E-state index contributed by atoms with van der Waals surface area (Å²) in [6, 6.07) is 10.7. The largest absolute Gasteiger partial charge is 0.506 e. The predicted octanol–water partition coefficient (Wildman–Crippen LogP) is 2.88. The van der Waals surface area contributed by atoms with Crippen LogP contribution in [-0.2, 0) is 0 Å². The van der Waals surface area contributed by atoms with Crippen molar-refractivity contribution in [1.82, 2.24) is 0 Å². The summed E-state index contributed by atoms with van der Waals surface area (Å²) in [7, 11) is 0. The second-order valence-electron chi connectivity index (χ2n) is 5.07. The summed E-state index contributed by atoms with van der Waals surface area (Å²) in [5.41, 5.74) is 3.02. The van der Waals surface area contributed by atoms with Crippen LogP contribution in [0.25, 0.3) is 5.57 Å². The van der Waals surface area contributed by atoms with Crippen LogP contribution in [0.15, 0.2) is 42.5 Å². The Labute approximate surface area is 121 Å². The molecular formula is C17H14O4. The summed E-state index contributed by atoms with van der Waals surface area (Å²) in [5.74, 6) is -1.43. The third kappa shape index (κ3) is 2.00. The Kier molecular flexibility index (Phi) is 3.03. The molecule has 0 saturated carbocycles. The van der Waals surface area contributed by atoms with Crippen LogP contribution < -0.4 is 0 Å². The van der Waals surface area contributed by atoms with Crippen molar-refractivity contribution in [3.8, 4) is 5.75 Å². The Hall–Kier alpha value is -2.59. The lowest BCUT2D eigenvalue weighted by Crippen LogP contribution is -2.02. The van der Waals surface area contributed by atoms with Crippen LogP contribution in [0.3, 0.4) is 0 Å². The second-order valence-corrected chi connectivity index (χ2v) is 5.07. The van der Waals surface area contributed by atoms with E-state index < -0.39 is 12.1 Å². The van der Waals surface area contributed by atoms with Gasteiger partial charge in [0, 0.05) is 5.56 Å². The fourth-order valence-corrected chi connectivity index (χ4v) is 2.75. The number of aryl methyl sites for hydroxylation is 1. The normalized spacial score (nSPS) is 16.5. The highest BCUT2D eigenvalue weighted by Gasteiger charge is 2.26. The van der Waals surface area contributed by atoms with Crippen molar-refractivity contribution in [3.63, 3.8) is 0 Å². The maximum atomic E-state index is 11.3. The minimum absolute atomic E-state index is 0.104. The molecule has 0 fully saturated rings. The lowest BCUT2D eigenvalue weighted by Gasteiger charge is -2.12. The molecule has 0 bridgehead atoms. The van der Waals surface area contributed by atoms with Crippen molar-refractivity contribution in [2.24, 2.45) is 0 Å². The average Bonchev–Trinajstić information content (AvgIpc) is 2.76. The van der Waals surface area contributed by atoms with E-state index in [-0.39, 0.29) is 11.3 Å². The highest BCUT2D eigenvalue weighted by molar-refractivity contribution is 5.97. The molecule has 0 heterocycles. The Bertz CT molecular complexity index is 774. The van der Waals surface area contributed by atoms with Gasteiger partial charge in [-0.2, -0.15) is 0 Å². The molecule has 4 nitrogen and oxygen atoms in total. The summed E-state index contributed by atoms with van der Waals surface area (Å²) in [6.07, 6.45) is 0.880. The van der Waals surface area contributed by atoms with E-state index >= 15 is 0 Å². The molecular weight excluding hydrogens is 268 g/mol. The number of aromatic carboxylic acids is 1. The van der Waals surface area contributed by atoms with E-state index in [9.17, 15) is 20.1 Å². The van der Waals surface area contributed by atoms with Crippen LogP contribution in [-0.4, -0.2) is 21.3 Å². The zero-order valence-electron chi connectivity index (χ0n) is 11.4. The van der Waals surface area contributed by atoms with Gasteiger partial charge in [0.2, 0.25) is 0 Å². The van der Waals surface area contributed by atoms with Gasteiger partial charge in [0.05, 0.1) is 6.10 Å². The van der Waals surface area contributed by atoms with Crippen LogP contribution in [0.1, 0.15) is 38.7 Å². The summed E-state index contributed by atoms with van der Waals surface area (Å²) in [4.78, 5) is 11.3. The molecule has 1 aliphatic rings. The summed E-state index contributed by atoms with van der Waals surface area (Å²) >= 11 is 0. The van der Waals surface area contributed by atoms with E-state index in [1.807, 2.05) is 24.3 Å². The second kappa shape index (κ2) is 4.75. The van der Waals surface area contributed by atoms with Crippen LogP contribution in [0.2, 0.25) is 0 Å². The maximum Gasteiger partial charge on any atom is 0.339 e. The SMILES string of the molecule is Cc1ccc(C2=CC(O)c3ccccc32)c(O)c1C(=O)O. The number of hydrogen-bond acceptors (Lipinski definition) is 3.